The lowest BCUT2D eigenvalue weighted by Crippen LogP contribution is -2.31. The largest absolute Gasteiger partial charge is 0.396 e. The maximum atomic E-state index is 9.15. The van der Waals surface area contributed by atoms with E-state index in [1.54, 1.807) is 24.0 Å². The van der Waals surface area contributed by atoms with Crippen LogP contribution in [0, 0.1) is 0 Å². The van der Waals surface area contributed by atoms with Gasteiger partial charge in [-0.05, 0) is 19.2 Å². The summed E-state index contributed by atoms with van der Waals surface area (Å²) in [5.74, 6) is 0.601. The summed E-state index contributed by atoms with van der Waals surface area (Å²) in [6.07, 6.45) is 3.50. The number of nitrogens with two attached hydrogens (primary N) is 1. The molecule has 2 atom stereocenters. The van der Waals surface area contributed by atoms with Gasteiger partial charge in [0.15, 0.2) is 0 Å². The number of halogens is 1. The summed E-state index contributed by atoms with van der Waals surface area (Å²) in [7, 11) is 0. The molecule has 0 aliphatic carbocycles. The molecule has 4 N–H and O–H groups in total. The number of hydrogen-bond donors (Lipinski definition) is 3. The van der Waals surface area contributed by atoms with Crippen LogP contribution < -0.4 is 11.1 Å². The molecule has 0 bridgehead atoms. The van der Waals surface area contributed by atoms with Crippen molar-refractivity contribution in [2.75, 3.05) is 23.9 Å². The number of rotatable bonds is 5. The first-order chi connectivity index (χ1) is 7.58. The molecule has 6 heteroatoms. The van der Waals surface area contributed by atoms with E-state index >= 15 is 0 Å². The first-order valence-electron chi connectivity index (χ1n) is 4.89. The molecule has 0 amide bonds. The fourth-order valence-corrected chi connectivity index (χ4v) is 2.11. The van der Waals surface area contributed by atoms with Gasteiger partial charge in [0.25, 0.3) is 0 Å². The molecule has 0 aliphatic rings. The van der Waals surface area contributed by atoms with Gasteiger partial charge < -0.3 is 16.2 Å². The first kappa shape index (κ1) is 13.4. The van der Waals surface area contributed by atoms with Crippen molar-refractivity contribution in [1.29, 1.82) is 0 Å². The molecule has 0 spiro atoms. The van der Waals surface area contributed by atoms with Crippen molar-refractivity contribution in [1.82, 2.24) is 4.98 Å². The van der Waals surface area contributed by atoms with E-state index in [9.17, 15) is 0 Å². The molecule has 90 valence electrons. The zero-order valence-corrected chi connectivity index (χ0v) is 10.8. The molecule has 1 aromatic heterocycles. The topological polar surface area (TPSA) is 71.2 Å². The highest BCUT2D eigenvalue weighted by Gasteiger charge is 2.16. The molecule has 2 unspecified atom stereocenters. The Bertz CT molecular complexity index is 347. The van der Waals surface area contributed by atoms with Gasteiger partial charge >= 0.3 is 0 Å². The second-order valence-corrected chi connectivity index (χ2v) is 4.99. The second-order valence-electron chi connectivity index (χ2n) is 3.48. The van der Waals surface area contributed by atoms with E-state index in [2.05, 4.69) is 10.3 Å². The van der Waals surface area contributed by atoms with Crippen molar-refractivity contribution in [2.45, 2.75) is 18.2 Å². The summed E-state index contributed by atoms with van der Waals surface area (Å²) in [6.45, 7) is 2.09. The molecule has 0 aliphatic heterocycles. The standard InChI is InChI=1S/C10H16ClN3OS/c1-6(9(5-15)16-2)14-10-8(12)3-7(11)4-13-10/h3-4,6,9,15H,5,12H2,1-2H3,(H,13,14). The Morgan fingerprint density at radius 2 is 2.38 bits per heavy atom. The third kappa shape index (κ3) is 3.43. The Morgan fingerprint density at radius 3 is 2.88 bits per heavy atom. The maximum absolute atomic E-state index is 9.15. The van der Waals surface area contributed by atoms with Gasteiger partial charge in [-0.15, -0.1) is 0 Å². The van der Waals surface area contributed by atoms with Crippen LogP contribution in [0.25, 0.3) is 0 Å². The SMILES string of the molecule is CSC(CO)C(C)Nc1ncc(Cl)cc1N. The fraction of sp³-hybridized carbons (Fsp3) is 0.500. The summed E-state index contributed by atoms with van der Waals surface area (Å²) in [6, 6.07) is 1.73. The predicted molar refractivity (Wildman–Crippen MR) is 71.1 cm³/mol. The lowest BCUT2D eigenvalue weighted by Gasteiger charge is -2.22. The van der Waals surface area contributed by atoms with Crippen molar-refractivity contribution in [3.05, 3.63) is 17.3 Å². The molecule has 0 saturated heterocycles. The number of aliphatic hydroxyl groups is 1. The van der Waals surface area contributed by atoms with Crippen LogP contribution in [0.4, 0.5) is 11.5 Å². The first-order valence-corrected chi connectivity index (χ1v) is 6.56. The minimum absolute atomic E-state index is 0.0796. The average molecular weight is 262 g/mol. The van der Waals surface area contributed by atoms with Crippen molar-refractivity contribution in [3.8, 4) is 0 Å². The zero-order chi connectivity index (χ0) is 12.1. The smallest absolute Gasteiger partial charge is 0.149 e. The number of aliphatic hydroxyl groups excluding tert-OH is 1. The monoisotopic (exact) mass is 261 g/mol. The van der Waals surface area contributed by atoms with Crippen LogP contribution >= 0.6 is 23.4 Å². The van der Waals surface area contributed by atoms with E-state index < -0.39 is 0 Å². The van der Waals surface area contributed by atoms with Crippen molar-refractivity contribution < 1.29 is 5.11 Å². The van der Waals surface area contributed by atoms with Gasteiger partial charge in [0.2, 0.25) is 0 Å². The molecule has 0 saturated carbocycles. The number of aromatic nitrogens is 1. The molecular weight excluding hydrogens is 246 g/mol. The van der Waals surface area contributed by atoms with Gasteiger partial charge in [-0.1, -0.05) is 11.6 Å². The van der Waals surface area contributed by atoms with Gasteiger partial charge in [0, 0.05) is 17.5 Å². The Kier molecular flexibility index (Phi) is 5.18. The molecule has 1 heterocycles. The summed E-state index contributed by atoms with van der Waals surface area (Å²) < 4.78 is 0. The number of nitrogens with one attached hydrogen (secondary N) is 1. The highest BCUT2D eigenvalue weighted by Crippen LogP contribution is 2.22. The van der Waals surface area contributed by atoms with E-state index in [-0.39, 0.29) is 17.9 Å². The molecule has 1 aromatic rings. The van der Waals surface area contributed by atoms with Crippen molar-refractivity contribution in [3.63, 3.8) is 0 Å². The Morgan fingerprint density at radius 1 is 1.69 bits per heavy atom. The number of anilines is 2. The van der Waals surface area contributed by atoms with Crippen LogP contribution in [-0.2, 0) is 0 Å². The van der Waals surface area contributed by atoms with Crippen LogP contribution in [0.5, 0.6) is 0 Å². The third-order valence-electron chi connectivity index (χ3n) is 2.29. The zero-order valence-electron chi connectivity index (χ0n) is 9.27. The summed E-state index contributed by atoms with van der Waals surface area (Å²) >= 11 is 7.36. The van der Waals surface area contributed by atoms with Crippen LogP contribution in [0.15, 0.2) is 12.3 Å². The minimum atomic E-state index is 0.0796. The maximum Gasteiger partial charge on any atom is 0.149 e. The Hall–Kier alpha value is -0.650. The summed E-state index contributed by atoms with van der Waals surface area (Å²) in [5.41, 5.74) is 6.29. The highest BCUT2D eigenvalue weighted by molar-refractivity contribution is 7.99. The van der Waals surface area contributed by atoms with Gasteiger partial charge in [0.1, 0.15) is 5.82 Å². The van der Waals surface area contributed by atoms with Crippen LogP contribution in [0.3, 0.4) is 0 Å². The van der Waals surface area contributed by atoms with E-state index in [0.717, 1.165) is 0 Å². The molecule has 0 fully saturated rings. The van der Waals surface area contributed by atoms with Gasteiger partial charge in [0.05, 0.1) is 17.3 Å². The molecular formula is C10H16ClN3OS. The molecule has 1 rings (SSSR count). The second kappa shape index (κ2) is 6.18. The Labute approximate surface area is 105 Å². The highest BCUT2D eigenvalue weighted by atomic mass is 35.5. The third-order valence-corrected chi connectivity index (χ3v) is 3.66. The summed E-state index contributed by atoms with van der Waals surface area (Å²) in [5, 5.41) is 12.9. The quantitative estimate of drug-likeness (QED) is 0.755. The van der Waals surface area contributed by atoms with Crippen LogP contribution in [0.1, 0.15) is 6.92 Å². The molecule has 0 aromatic carbocycles. The van der Waals surface area contributed by atoms with E-state index in [0.29, 0.717) is 16.5 Å². The van der Waals surface area contributed by atoms with Gasteiger partial charge in [-0.3, -0.25) is 0 Å². The molecule has 16 heavy (non-hydrogen) atoms. The van der Waals surface area contributed by atoms with E-state index in [1.165, 1.54) is 0 Å². The normalized spacial score (nSPS) is 14.5. The van der Waals surface area contributed by atoms with Crippen molar-refractivity contribution in [2.24, 2.45) is 0 Å². The number of hydrogen-bond acceptors (Lipinski definition) is 5. The van der Waals surface area contributed by atoms with Gasteiger partial charge in [-0.25, -0.2) is 4.98 Å². The average Bonchev–Trinajstić information content (AvgIpc) is 2.24. The van der Waals surface area contributed by atoms with Crippen LogP contribution in [-0.4, -0.2) is 34.2 Å². The minimum Gasteiger partial charge on any atom is -0.396 e. The van der Waals surface area contributed by atoms with E-state index in [1.807, 2.05) is 13.2 Å². The number of nitrogens with zero attached hydrogens (tertiary/aromatic N) is 1. The number of thioether (sulfide) groups is 1. The van der Waals surface area contributed by atoms with Gasteiger partial charge in [-0.2, -0.15) is 11.8 Å². The predicted octanol–water partition coefficient (Wildman–Crippen LogP) is 1.84. The van der Waals surface area contributed by atoms with E-state index in [4.69, 9.17) is 22.4 Å². The summed E-state index contributed by atoms with van der Waals surface area (Å²) in [4.78, 5) is 4.11. The van der Waals surface area contributed by atoms with Crippen molar-refractivity contribution >= 4 is 34.9 Å². The Balaban J connectivity index is 2.72. The lowest BCUT2D eigenvalue weighted by atomic mass is 10.2. The molecule has 0 radical (unpaired) electrons. The number of pyridine rings is 1. The number of nitrogen functional groups attached to an aromatic ring is 1. The fourth-order valence-electron chi connectivity index (χ4n) is 1.32. The molecule has 4 nitrogen and oxygen atoms in total. The van der Waals surface area contributed by atoms with Crippen LogP contribution in [0.2, 0.25) is 5.02 Å². The lowest BCUT2D eigenvalue weighted by molar-refractivity contribution is 0.288.